The molecule has 1 aromatic heterocycles. The van der Waals surface area contributed by atoms with Crippen LogP contribution >= 0.6 is 21.6 Å². The fourth-order valence-electron chi connectivity index (χ4n) is 1.70. The van der Waals surface area contributed by atoms with Crippen LogP contribution in [0.15, 0.2) is 6.20 Å². The zero-order chi connectivity index (χ0) is 20.9. The van der Waals surface area contributed by atoms with Gasteiger partial charge >= 0.3 is 18.0 Å². The first-order valence-electron chi connectivity index (χ1n) is 7.60. The Morgan fingerprint density at radius 1 is 1.14 bits per heavy atom. The normalized spacial score (nSPS) is 10.2. The molecule has 1 heterocycles. The Morgan fingerprint density at radius 2 is 1.75 bits per heavy atom. The smallest absolute Gasteiger partial charge is 0.416 e. The lowest BCUT2D eigenvalue weighted by molar-refractivity contribution is -0.756. The Kier molecular flexibility index (Phi) is 10.5. The van der Waals surface area contributed by atoms with Gasteiger partial charge in [0.2, 0.25) is 0 Å². The van der Waals surface area contributed by atoms with Crippen molar-refractivity contribution in [1.29, 1.82) is 0 Å². The van der Waals surface area contributed by atoms with Gasteiger partial charge in [-0.2, -0.15) is 0 Å². The molecule has 28 heavy (non-hydrogen) atoms. The molecule has 2 amide bonds. The number of ether oxygens (including phenoxy) is 2. The van der Waals surface area contributed by atoms with E-state index < -0.39 is 22.2 Å². The molecule has 0 bridgehead atoms. The standard InChI is InChI=1S/C12H17N5O9S2/c1-9-13-8-10(16(20)21)15(9)2-3-24-11(18)14-12(19)25-4-6-27-28-7-5-26-17(22)23/h8H,2-7H2,1H3,(H,14,18,19). The molecule has 1 rings (SSSR count). The van der Waals surface area contributed by atoms with Crippen molar-refractivity contribution in [3.05, 3.63) is 32.2 Å². The quantitative estimate of drug-likeness (QED) is 0.215. The number of carbonyl (C=O) groups excluding carboxylic acids is 2. The molecule has 0 aromatic carbocycles. The highest BCUT2D eigenvalue weighted by Crippen LogP contribution is 2.20. The van der Waals surface area contributed by atoms with Crippen LogP contribution in [0.4, 0.5) is 15.4 Å². The zero-order valence-corrected chi connectivity index (χ0v) is 16.2. The largest absolute Gasteiger partial charge is 0.448 e. The van der Waals surface area contributed by atoms with E-state index >= 15 is 0 Å². The maximum atomic E-state index is 11.5. The molecule has 0 fully saturated rings. The lowest BCUT2D eigenvalue weighted by atomic mass is 10.6. The molecular formula is C12H17N5O9S2. The summed E-state index contributed by atoms with van der Waals surface area (Å²) in [5.41, 5.74) is 0. The van der Waals surface area contributed by atoms with E-state index in [-0.39, 0.29) is 32.2 Å². The van der Waals surface area contributed by atoms with E-state index in [1.54, 1.807) is 6.92 Å². The topological polar surface area (TPSA) is 178 Å². The minimum Gasteiger partial charge on any atom is -0.448 e. The van der Waals surface area contributed by atoms with Crippen LogP contribution in [0.1, 0.15) is 5.82 Å². The monoisotopic (exact) mass is 439 g/mol. The van der Waals surface area contributed by atoms with Gasteiger partial charge in [-0.1, -0.05) is 21.6 Å². The van der Waals surface area contributed by atoms with E-state index in [4.69, 9.17) is 9.47 Å². The summed E-state index contributed by atoms with van der Waals surface area (Å²) in [5.74, 6) is 0.935. The average Bonchev–Trinajstić information content (AvgIpc) is 2.98. The second kappa shape index (κ2) is 12.6. The van der Waals surface area contributed by atoms with E-state index in [0.29, 0.717) is 17.3 Å². The average molecular weight is 439 g/mol. The van der Waals surface area contributed by atoms with Gasteiger partial charge in [-0.15, -0.1) is 10.1 Å². The summed E-state index contributed by atoms with van der Waals surface area (Å²) in [6, 6.07) is 0. The number of imidazole rings is 1. The molecule has 156 valence electrons. The molecule has 0 aliphatic rings. The third-order valence-electron chi connectivity index (χ3n) is 2.82. The van der Waals surface area contributed by atoms with Gasteiger partial charge in [-0.3, -0.25) is 0 Å². The van der Waals surface area contributed by atoms with Gasteiger partial charge in [-0.05, 0) is 4.92 Å². The van der Waals surface area contributed by atoms with Crippen LogP contribution in [0.25, 0.3) is 0 Å². The first kappa shape index (κ1) is 23.3. The number of amides is 2. The predicted octanol–water partition coefficient (Wildman–Crippen LogP) is 1.55. The summed E-state index contributed by atoms with van der Waals surface area (Å²) in [5, 5.41) is 21.7. The summed E-state index contributed by atoms with van der Waals surface area (Å²) in [7, 11) is 2.62. The number of carbonyl (C=O) groups is 2. The van der Waals surface area contributed by atoms with Crippen LogP contribution in [0.2, 0.25) is 0 Å². The number of aryl methyl sites for hydroxylation is 1. The van der Waals surface area contributed by atoms with Crippen LogP contribution in [0.5, 0.6) is 0 Å². The summed E-state index contributed by atoms with van der Waals surface area (Å²) < 4.78 is 10.8. The number of nitro groups is 1. The van der Waals surface area contributed by atoms with Gasteiger partial charge in [0.05, 0.1) is 0 Å². The van der Waals surface area contributed by atoms with Gasteiger partial charge < -0.3 is 24.4 Å². The molecule has 0 atom stereocenters. The number of alkyl carbamates (subject to hydrolysis) is 2. The fraction of sp³-hybridized carbons (Fsp3) is 0.583. The van der Waals surface area contributed by atoms with Gasteiger partial charge in [-0.25, -0.2) is 24.5 Å². The van der Waals surface area contributed by atoms with Crippen LogP contribution in [0.3, 0.4) is 0 Å². The molecule has 0 spiro atoms. The van der Waals surface area contributed by atoms with Crippen molar-refractivity contribution in [3.63, 3.8) is 0 Å². The van der Waals surface area contributed by atoms with Crippen molar-refractivity contribution in [2.24, 2.45) is 0 Å². The lowest BCUT2D eigenvalue weighted by Crippen LogP contribution is -2.32. The number of hydrogen-bond donors (Lipinski definition) is 1. The van der Waals surface area contributed by atoms with Crippen molar-refractivity contribution in [3.8, 4) is 0 Å². The molecule has 0 aliphatic carbocycles. The first-order chi connectivity index (χ1) is 13.3. The van der Waals surface area contributed by atoms with Gasteiger partial charge in [0.1, 0.15) is 32.6 Å². The maximum Gasteiger partial charge on any atom is 0.416 e. The van der Waals surface area contributed by atoms with Crippen LogP contribution in [-0.2, 0) is 20.9 Å². The summed E-state index contributed by atoms with van der Waals surface area (Å²) >= 11 is 0. The Morgan fingerprint density at radius 3 is 2.36 bits per heavy atom. The molecule has 0 saturated heterocycles. The van der Waals surface area contributed by atoms with E-state index in [2.05, 4.69) is 9.82 Å². The predicted molar refractivity (Wildman–Crippen MR) is 97.3 cm³/mol. The number of rotatable bonds is 12. The molecule has 16 heteroatoms. The van der Waals surface area contributed by atoms with E-state index in [1.165, 1.54) is 26.2 Å². The minimum atomic E-state index is -1.05. The second-order valence-corrected chi connectivity index (χ2v) is 7.37. The van der Waals surface area contributed by atoms with Gasteiger partial charge in [0, 0.05) is 18.4 Å². The van der Waals surface area contributed by atoms with Crippen molar-refractivity contribution in [1.82, 2.24) is 14.9 Å². The summed E-state index contributed by atoms with van der Waals surface area (Å²) in [4.78, 5) is 50.9. The molecule has 0 saturated carbocycles. The van der Waals surface area contributed by atoms with Crippen molar-refractivity contribution >= 4 is 39.6 Å². The Labute approximate surface area is 165 Å². The number of aromatic nitrogens is 2. The Bertz CT molecular complexity index is 699. The van der Waals surface area contributed by atoms with Gasteiger partial charge in [0.15, 0.2) is 5.82 Å². The number of hydrogen-bond acceptors (Lipinski definition) is 12. The van der Waals surface area contributed by atoms with Crippen LogP contribution in [0, 0.1) is 27.2 Å². The molecule has 0 aliphatic heterocycles. The summed E-state index contributed by atoms with van der Waals surface area (Å²) in [6.45, 7) is 1.32. The highest BCUT2D eigenvalue weighted by atomic mass is 33.1. The van der Waals surface area contributed by atoms with Crippen LogP contribution < -0.4 is 5.32 Å². The molecule has 0 radical (unpaired) electrons. The van der Waals surface area contributed by atoms with Crippen molar-refractivity contribution in [2.75, 3.05) is 31.3 Å². The second-order valence-electron chi connectivity index (χ2n) is 4.67. The van der Waals surface area contributed by atoms with E-state index in [0.717, 1.165) is 6.20 Å². The highest BCUT2D eigenvalue weighted by Gasteiger charge is 2.18. The molecular weight excluding hydrogens is 422 g/mol. The van der Waals surface area contributed by atoms with Crippen molar-refractivity contribution < 1.29 is 33.9 Å². The number of nitrogens with zero attached hydrogens (tertiary/aromatic N) is 4. The van der Waals surface area contributed by atoms with Crippen LogP contribution in [-0.4, -0.2) is 63.1 Å². The fourth-order valence-corrected chi connectivity index (χ4v) is 3.34. The van der Waals surface area contributed by atoms with Crippen molar-refractivity contribution in [2.45, 2.75) is 13.5 Å². The third kappa shape index (κ3) is 9.26. The molecule has 1 aromatic rings. The Hall–Kier alpha value is -2.75. The van der Waals surface area contributed by atoms with E-state index in [9.17, 15) is 29.8 Å². The SMILES string of the molecule is Cc1ncc([N+](=O)[O-])n1CCOC(=O)NC(=O)OCCSSCCO[N+](=O)[O-]. The third-order valence-corrected chi connectivity index (χ3v) is 5.15. The van der Waals surface area contributed by atoms with E-state index in [1.807, 2.05) is 5.32 Å². The first-order valence-corrected chi connectivity index (χ1v) is 10.1. The molecule has 14 nitrogen and oxygen atoms in total. The molecule has 0 unspecified atom stereocenters. The zero-order valence-electron chi connectivity index (χ0n) is 14.6. The minimum absolute atomic E-state index is 0.00135. The number of imide groups is 1. The number of nitrogens with one attached hydrogen (secondary N) is 1. The molecule has 1 N–H and O–H groups in total. The highest BCUT2D eigenvalue weighted by molar-refractivity contribution is 8.76. The lowest BCUT2D eigenvalue weighted by Gasteiger charge is -2.07. The Balaban J connectivity index is 2.12. The summed E-state index contributed by atoms with van der Waals surface area (Å²) in [6.07, 6.45) is -0.959. The van der Waals surface area contributed by atoms with Gasteiger partial charge in [0.25, 0.3) is 5.09 Å². The maximum absolute atomic E-state index is 11.5.